The predicted molar refractivity (Wildman–Crippen MR) is 75.7 cm³/mol. The summed E-state index contributed by atoms with van der Waals surface area (Å²) >= 11 is 11.7. The van der Waals surface area contributed by atoms with Crippen molar-refractivity contribution in [1.82, 2.24) is 5.32 Å². The quantitative estimate of drug-likeness (QED) is 0.908. The van der Waals surface area contributed by atoms with E-state index >= 15 is 0 Å². The molecule has 0 bridgehead atoms. The fraction of sp³-hybridized carbons (Fsp3) is 0.0714. The summed E-state index contributed by atoms with van der Waals surface area (Å²) in [6.07, 6.45) is 0. The van der Waals surface area contributed by atoms with Gasteiger partial charge in [0.15, 0.2) is 0 Å². The van der Waals surface area contributed by atoms with Crippen LogP contribution in [0.1, 0.15) is 15.9 Å². The molecule has 98 valence electrons. The number of hydrogen-bond donors (Lipinski definition) is 2. The molecular formula is C14H11Cl2NO2. The van der Waals surface area contributed by atoms with Crippen LogP contribution in [0.4, 0.5) is 0 Å². The van der Waals surface area contributed by atoms with Gasteiger partial charge in [0, 0.05) is 22.7 Å². The van der Waals surface area contributed by atoms with Gasteiger partial charge < -0.3 is 10.4 Å². The highest BCUT2D eigenvalue weighted by molar-refractivity contribution is 6.35. The van der Waals surface area contributed by atoms with Crippen molar-refractivity contribution >= 4 is 29.1 Å². The highest BCUT2D eigenvalue weighted by Gasteiger charge is 2.10. The lowest BCUT2D eigenvalue weighted by molar-refractivity contribution is 0.0951. The van der Waals surface area contributed by atoms with Crippen LogP contribution in [0, 0.1) is 0 Å². The second-order valence-corrected chi connectivity index (χ2v) is 4.79. The van der Waals surface area contributed by atoms with Gasteiger partial charge in [0.2, 0.25) is 0 Å². The summed E-state index contributed by atoms with van der Waals surface area (Å²) in [4.78, 5) is 11.8. The number of hydrogen-bond acceptors (Lipinski definition) is 2. The second kappa shape index (κ2) is 5.95. The van der Waals surface area contributed by atoms with E-state index in [1.807, 2.05) is 6.07 Å². The van der Waals surface area contributed by atoms with Crippen LogP contribution in [0.2, 0.25) is 10.0 Å². The lowest BCUT2D eigenvalue weighted by Gasteiger charge is -2.09. The summed E-state index contributed by atoms with van der Waals surface area (Å²) in [5, 5.41) is 13.0. The Morgan fingerprint density at radius 3 is 2.53 bits per heavy atom. The molecule has 0 aromatic heterocycles. The Hall–Kier alpha value is -1.71. The Morgan fingerprint density at radius 1 is 1.16 bits per heavy atom. The number of halogens is 2. The van der Waals surface area contributed by atoms with Crippen molar-refractivity contribution in [2.75, 3.05) is 0 Å². The number of carbonyl (C=O) groups excluding carboxylic acids is 1. The molecule has 1 amide bonds. The monoisotopic (exact) mass is 295 g/mol. The standard InChI is InChI=1S/C14H11Cl2NO2/c15-11-6-10(13(18)12(16)7-11)8-17-14(19)9-4-2-1-3-5-9/h1-7,18H,8H2,(H,17,19). The lowest BCUT2D eigenvalue weighted by atomic mass is 10.1. The minimum atomic E-state index is -0.226. The molecule has 0 heterocycles. The van der Waals surface area contributed by atoms with Crippen molar-refractivity contribution in [3.63, 3.8) is 0 Å². The van der Waals surface area contributed by atoms with E-state index in [2.05, 4.69) is 5.32 Å². The largest absolute Gasteiger partial charge is 0.506 e. The number of aromatic hydroxyl groups is 1. The molecule has 2 aromatic rings. The van der Waals surface area contributed by atoms with Crippen molar-refractivity contribution < 1.29 is 9.90 Å². The van der Waals surface area contributed by atoms with Gasteiger partial charge >= 0.3 is 0 Å². The third-order valence-electron chi connectivity index (χ3n) is 2.58. The fourth-order valence-electron chi connectivity index (χ4n) is 1.62. The van der Waals surface area contributed by atoms with Crippen molar-refractivity contribution in [1.29, 1.82) is 0 Å². The average molecular weight is 296 g/mol. The van der Waals surface area contributed by atoms with E-state index in [0.717, 1.165) is 0 Å². The minimum absolute atomic E-state index is 0.0700. The first kappa shape index (κ1) is 13.7. The first-order chi connectivity index (χ1) is 9.08. The van der Waals surface area contributed by atoms with Crippen LogP contribution in [0.3, 0.4) is 0 Å². The van der Waals surface area contributed by atoms with Crippen LogP contribution < -0.4 is 5.32 Å². The van der Waals surface area contributed by atoms with Gasteiger partial charge in [-0.15, -0.1) is 0 Å². The Kier molecular flexibility index (Phi) is 4.30. The van der Waals surface area contributed by atoms with E-state index in [1.54, 1.807) is 30.3 Å². The maximum atomic E-state index is 11.8. The second-order valence-electron chi connectivity index (χ2n) is 3.94. The molecule has 0 spiro atoms. The van der Waals surface area contributed by atoms with Gasteiger partial charge in [0.05, 0.1) is 5.02 Å². The summed E-state index contributed by atoms with van der Waals surface area (Å²) < 4.78 is 0. The van der Waals surface area contributed by atoms with Gasteiger partial charge in [-0.2, -0.15) is 0 Å². The van der Waals surface area contributed by atoms with Crippen molar-refractivity contribution in [2.45, 2.75) is 6.54 Å². The zero-order chi connectivity index (χ0) is 13.8. The Balaban J connectivity index is 2.09. The zero-order valence-corrected chi connectivity index (χ0v) is 11.4. The number of nitrogens with one attached hydrogen (secondary N) is 1. The molecule has 5 heteroatoms. The molecule has 0 atom stereocenters. The number of phenols is 1. The molecule has 0 unspecified atom stereocenters. The summed E-state index contributed by atoms with van der Waals surface area (Å²) in [6.45, 7) is 0.153. The summed E-state index contributed by atoms with van der Waals surface area (Å²) in [6, 6.07) is 11.8. The molecule has 0 saturated heterocycles. The van der Waals surface area contributed by atoms with Crippen molar-refractivity contribution in [3.05, 3.63) is 63.6 Å². The molecule has 0 fully saturated rings. The lowest BCUT2D eigenvalue weighted by Crippen LogP contribution is -2.22. The molecular weight excluding hydrogens is 285 g/mol. The summed E-state index contributed by atoms with van der Waals surface area (Å²) in [5.74, 6) is -0.296. The minimum Gasteiger partial charge on any atom is -0.506 e. The van der Waals surface area contributed by atoms with Crippen LogP contribution in [0.5, 0.6) is 5.75 Å². The van der Waals surface area contributed by atoms with E-state index in [4.69, 9.17) is 23.2 Å². The van der Waals surface area contributed by atoms with Gasteiger partial charge in [-0.05, 0) is 24.3 Å². The first-order valence-electron chi connectivity index (χ1n) is 5.58. The molecule has 0 radical (unpaired) electrons. The number of amides is 1. The van der Waals surface area contributed by atoms with E-state index in [9.17, 15) is 9.90 Å². The Bertz CT molecular complexity index is 600. The third kappa shape index (κ3) is 3.40. The van der Waals surface area contributed by atoms with Gasteiger partial charge in [-0.25, -0.2) is 0 Å². The highest BCUT2D eigenvalue weighted by atomic mass is 35.5. The van der Waals surface area contributed by atoms with Gasteiger partial charge in [-0.3, -0.25) is 4.79 Å². The molecule has 2 aromatic carbocycles. The zero-order valence-electron chi connectivity index (χ0n) is 9.86. The molecule has 19 heavy (non-hydrogen) atoms. The Labute approximate surface area is 120 Å². The van der Waals surface area contributed by atoms with Crippen LogP contribution in [0.15, 0.2) is 42.5 Å². The van der Waals surface area contributed by atoms with E-state index in [0.29, 0.717) is 16.1 Å². The summed E-state index contributed by atoms with van der Waals surface area (Å²) in [7, 11) is 0. The normalized spacial score (nSPS) is 10.2. The molecule has 0 aliphatic heterocycles. The fourth-order valence-corrected chi connectivity index (χ4v) is 2.16. The van der Waals surface area contributed by atoms with E-state index in [1.165, 1.54) is 6.07 Å². The molecule has 0 aliphatic carbocycles. The number of rotatable bonds is 3. The van der Waals surface area contributed by atoms with Crippen LogP contribution in [0.25, 0.3) is 0 Å². The molecule has 2 N–H and O–H groups in total. The Morgan fingerprint density at radius 2 is 1.84 bits per heavy atom. The average Bonchev–Trinajstić information content (AvgIpc) is 2.41. The smallest absolute Gasteiger partial charge is 0.251 e. The number of phenolic OH excluding ortho intramolecular Hbond substituents is 1. The molecule has 3 nitrogen and oxygen atoms in total. The molecule has 2 rings (SSSR count). The maximum Gasteiger partial charge on any atom is 0.251 e. The van der Waals surface area contributed by atoms with Gasteiger partial charge in [0.25, 0.3) is 5.91 Å². The maximum absolute atomic E-state index is 11.8. The van der Waals surface area contributed by atoms with Crippen molar-refractivity contribution in [2.24, 2.45) is 0 Å². The predicted octanol–water partition coefficient (Wildman–Crippen LogP) is 3.63. The number of benzene rings is 2. The molecule has 0 aliphatic rings. The van der Waals surface area contributed by atoms with E-state index in [-0.39, 0.29) is 23.2 Å². The van der Waals surface area contributed by atoms with Gasteiger partial charge in [-0.1, -0.05) is 41.4 Å². The third-order valence-corrected chi connectivity index (χ3v) is 3.09. The van der Waals surface area contributed by atoms with Crippen molar-refractivity contribution in [3.8, 4) is 5.75 Å². The summed E-state index contributed by atoms with van der Waals surface area (Å²) in [5.41, 5.74) is 1.02. The topological polar surface area (TPSA) is 49.3 Å². The van der Waals surface area contributed by atoms with Crippen LogP contribution in [-0.2, 0) is 6.54 Å². The van der Waals surface area contributed by atoms with Crippen LogP contribution >= 0.6 is 23.2 Å². The number of carbonyl (C=O) groups is 1. The first-order valence-corrected chi connectivity index (χ1v) is 6.33. The highest BCUT2D eigenvalue weighted by Crippen LogP contribution is 2.30. The van der Waals surface area contributed by atoms with E-state index < -0.39 is 0 Å². The van der Waals surface area contributed by atoms with Crippen LogP contribution in [-0.4, -0.2) is 11.0 Å². The van der Waals surface area contributed by atoms with Gasteiger partial charge in [0.1, 0.15) is 5.75 Å². The molecule has 0 saturated carbocycles. The SMILES string of the molecule is O=C(NCc1cc(Cl)cc(Cl)c1O)c1ccccc1.